The van der Waals surface area contributed by atoms with Gasteiger partial charge in [-0.2, -0.15) is 0 Å². The Morgan fingerprint density at radius 2 is 2.19 bits per heavy atom. The highest BCUT2D eigenvalue weighted by Crippen LogP contribution is 2.27. The molecule has 2 unspecified atom stereocenters. The quantitative estimate of drug-likeness (QED) is 0.855. The van der Waals surface area contributed by atoms with Crippen molar-refractivity contribution in [3.05, 3.63) is 28.2 Å². The van der Waals surface area contributed by atoms with E-state index < -0.39 is 6.10 Å². The van der Waals surface area contributed by atoms with E-state index in [1.807, 2.05) is 0 Å². The lowest BCUT2D eigenvalue weighted by molar-refractivity contribution is 0.0388. The van der Waals surface area contributed by atoms with Crippen LogP contribution in [-0.4, -0.2) is 41.8 Å². The molecule has 118 valence electrons. The van der Waals surface area contributed by atoms with E-state index >= 15 is 0 Å². The van der Waals surface area contributed by atoms with Crippen LogP contribution in [0.15, 0.2) is 18.2 Å². The van der Waals surface area contributed by atoms with Gasteiger partial charge in [-0.25, -0.2) is 0 Å². The molecular weight excluding hydrogens is 309 g/mol. The van der Waals surface area contributed by atoms with Crippen molar-refractivity contribution in [3.8, 4) is 5.75 Å². The van der Waals surface area contributed by atoms with Gasteiger partial charge in [0.15, 0.2) is 0 Å². The molecule has 0 aromatic heterocycles. The predicted molar refractivity (Wildman–Crippen MR) is 87.5 cm³/mol. The molecule has 2 rings (SSSR count). The summed E-state index contributed by atoms with van der Waals surface area (Å²) >= 11 is 11.9. The number of nitrogens with zero attached hydrogens (tertiary/aromatic N) is 1. The molecule has 1 aromatic rings. The largest absolute Gasteiger partial charge is 0.489 e. The molecule has 3 nitrogen and oxygen atoms in total. The van der Waals surface area contributed by atoms with Crippen molar-refractivity contribution < 1.29 is 9.84 Å². The first-order valence-corrected chi connectivity index (χ1v) is 8.35. The van der Waals surface area contributed by atoms with Gasteiger partial charge in [0.1, 0.15) is 18.5 Å². The van der Waals surface area contributed by atoms with Crippen LogP contribution in [0.25, 0.3) is 0 Å². The molecular formula is C16H23Cl2NO2. The maximum Gasteiger partial charge on any atom is 0.138 e. The number of aliphatic hydroxyl groups excluding tert-OH is 1. The Bertz CT molecular complexity index is 456. The van der Waals surface area contributed by atoms with Crippen LogP contribution in [0.5, 0.6) is 5.75 Å². The Hall–Kier alpha value is -0.480. The number of hydrogen-bond donors (Lipinski definition) is 1. The summed E-state index contributed by atoms with van der Waals surface area (Å²) in [6, 6.07) is 5.69. The van der Waals surface area contributed by atoms with Crippen molar-refractivity contribution in [1.82, 2.24) is 4.90 Å². The second kappa shape index (κ2) is 8.23. The van der Waals surface area contributed by atoms with Crippen LogP contribution in [0.2, 0.25) is 10.0 Å². The summed E-state index contributed by atoms with van der Waals surface area (Å²) in [6.45, 7) is 4.18. The van der Waals surface area contributed by atoms with Crippen molar-refractivity contribution in [3.63, 3.8) is 0 Å². The van der Waals surface area contributed by atoms with Crippen molar-refractivity contribution in [2.75, 3.05) is 19.7 Å². The molecule has 21 heavy (non-hydrogen) atoms. The maximum absolute atomic E-state index is 10.2. The summed E-state index contributed by atoms with van der Waals surface area (Å²) in [7, 11) is 0. The van der Waals surface area contributed by atoms with E-state index in [0.29, 0.717) is 28.4 Å². The van der Waals surface area contributed by atoms with Gasteiger partial charge in [-0.15, -0.1) is 0 Å². The summed E-state index contributed by atoms with van der Waals surface area (Å²) < 4.78 is 5.60. The van der Waals surface area contributed by atoms with Gasteiger partial charge in [0.25, 0.3) is 0 Å². The molecule has 1 aliphatic heterocycles. The van der Waals surface area contributed by atoms with Gasteiger partial charge in [0, 0.05) is 17.6 Å². The average molecular weight is 332 g/mol. The van der Waals surface area contributed by atoms with E-state index in [9.17, 15) is 5.11 Å². The highest BCUT2D eigenvalue weighted by atomic mass is 35.5. The number of aliphatic hydroxyl groups is 1. The molecule has 1 aromatic carbocycles. The molecule has 2 atom stereocenters. The van der Waals surface area contributed by atoms with Crippen molar-refractivity contribution in [2.45, 2.75) is 44.8 Å². The van der Waals surface area contributed by atoms with Crippen molar-refractivity contribution in [2.24, 2.45) is 0 Å². The summed E-state index contributed by atoms with van der Waals surface area (Å²) in [4.78, 5) is 2.38. The topological polar surface area (TPSA) is 32.7 Å². The molecule has 0 radical (unpaired) electrons. The van der Waals surface area contributed by atoms with Crippen molar-refractivity contribution in [1.29, 1.82) is 0 Å². The van der Waals surface area contributed by atoms with Crippen LogP contribution >= 0.6 is 23.2 Å². The number of piperidine rings is 1. The fourth-order valence-electron chi connectivity index (χ4n) is 2.86. The normalized spacial score (nSPS) is 21.2. The van der Waals surface area contributed by atoms with Gasteiger partial charge in [-0.1, -0.05) is 36.5 Å². The van der Waals surface area contributed by atoms with E-state index in [4.69, 9.17) is 27.9 Å². The molecule has 1 aliphatic rings. The minimum Gasteiger partial charge on any atom is -0.489 e. The summed E-state index contributed by atoms with van der Waals surface area (Å²) in [5.41, 5.74) is 0. The standard InChI is InChI=1S/C16H23Cl2NO2/c1-2-13-5-3-4-8-19(13)10-14(20)11-21-16-7-6-12(17)9-15(16)18/h6-7,9,13-14,20H,2-5,8,10-11H2,1H3. The number of benzene rings is 1. The van der Waals surface area contributed by atoms with Crippen molar-refractivity contribution >= 4 is 23.2 Å². The second-order valence-electron chi connectivity index (χ2n) is 5.59. The van der Waals surface area contributed by atoms with E-state index in [1.54, 1.807) is 18.2 Å². The first kappa shape index (κ1) is 16.9. The highest BCUT2D eigenvalue weighted by Gasteiger charge is 2.23. The van der Waals surface area contributed by atoms with Gasteiger partial charge in [-0.3, -0.25) is 4.90 Å². The molecule has 5 heteroatoms. The highest BCUT2D eigenvalue weighted by molar-refractivity contribution is 6.35. The molecule has 0 spiro atoms. The van der Waals surface area contributed by atoms with Gasteiger partial charge >= 0.3 is 0 Å². The monoisotopic (exact) mass is 331 g/mol. The smallest absolute Gasteiger partial charge is 0.138 e. The van der Waals surface area contributed by atoms with Gasteiger partial charge in [-0.05, 0) is 44.0 Å². The van der Waals surface area contributed by atoms with E-state index in [1.165, 1.54) is 19.3 Å². The minimum atomic E-state index is -0.510. The molecule has 1 saturated heterocycles. The molecule has 1 fully saturated rings. The molecule has 0 amide bonds. The minimum absolute atomic E-state index is 0.244. The summed E-state index contributed by atoms with van der Waals surface area (Å²) in [6.07, 6.45) is 4.36. The molecule has 0 bridgehead atoms. The third kappa shape index (κ3) is 5.03. The van der Waals surface area contributed by atoms with E-state index in [0.717, 1.165) is 13.0 Å². The molecule has 1 N–H and O–H groups in total. The van der Waals surface area contributed by atoms with Gasteiger partial charge in [0.2, 0.25) is 0 Å². The number of β-amino-alcohol motifs (C(OH)–C–C–N with tert-alkyl or cyclic N) is 1. The van der Waals surface area contributed by atoms with Gasteiger partial charge in [0.05, 0.1) is 5.02 Å². The third-order valence-electron chi connectivity index (χ3n) is 3.99. The Kier molecular flexibility index (Phi) is 6.62. The van der Waals surface area contributed by atoms with Crippen LogP contribution in [0, 0.1) is 0 Å². The lowest BCUT2D eigenvalue weighted by Gasteiger charge is -2.36. The first-order chi connectivity index (χ1) is 10.1. The second-order valence-corrected chi connectivity index (χ2v) is 6.44. The zero-order chi connectivity index (χ0) is 15.2. The Morgan fingerprint density at radius 3 is 2.90 bits per heavy atom. The fourth-order valence-corrected chi connectivity index (χ4v) is 3.33. The predicted octanol–water partition coefficient (Wildman–Crippen LogP) is 4.00. The van der Waals surface area contributed by atoms with Crippen LogP contribution < -0.4 is 4.74 Å². The van der Waals surface area contributed by atoms with Crippen LogP contribution in [0.1, 0.15) is 32.6 Å². The van der Waals surface area contributed by atoms with Gasteiger partial charge < -0.3 is 9.84 Å². The van der Waals surface area contributed by atoms with E-state index in [2.05, 4.69) is 11.8 Å². The fraction of sp³-hybridized carbons (Fsp3) is 0.625. The third-order valence-corrected chi connectivity index (χ3v) is 4.52. The zero-order valence-corrected chi connectivity index (χ0v) is 13.9. The Balaban J connectivity index is 1.82. The average Bonchev–Trinajstić information content (AvgIpc) is 2.47. The Labute approximate surface area is 136 Å². The van der Waals surface area contributed by atoms with Crippen LogP contribution in [0.4, 0.5) is 0 Å². The number of rotatable bonds is 6. The van der Waals surface area contributed by atoms with Crippen LogP contribution in [0.3, 0.4) is 0 Å². The number of ether oxygens (including phenoxy) is 1. The number of halogens is 2. The Morgan fingerprint density at radius 1 is 1.38 bits per heavy atom. The lowest BCUT2D eigenvalue weighted by atomic mass is 10.00. The van der Waals surface area contributed by atoms with Crippen LogP contribution in [-0.2, 0) is 0 Å². The van der Waals surface area contributed by atoms with E-state index in [-0.39, 0.29) is 6.61 Å². The molecule has 1 heterocycles. The summed E-state index contributed by atoms with van der Waals surface area (Å²) in [5, 5.41) is 11.2. The maximum atomic E-state index is 10.2. The first-order valence-electron chi connectivity index (χ1n) is 7.60. The lowest BCUT2D eigenvalue weighted by Crippen LogP contribution is -2.44. The molecule has 0 saturated carbocycles. The SMILES string of the molecule is CCC1CCCCN1CC(O)COc1ccc(Cl)cc1Cl. The number of hydrogen-bond acceptors (Lipinski definition) is 3. The zero-order valence-electron chi connectivity index (χ0n) is 12.4. The summed E-state index contributed by atoms with van der Waals surface area (Å²) in [5.74, 6) is 0.561. The molecule has 0 aliphatic carbocycles. The number of likely N-dealkylation sites (tertiary alicyclic amines) is 1.